The maximum absolute atomic E-state index is 13.6. The standard InChI is InChI=1S/C15H22FN3O3.C8H9.C8H17.U/c1-9(20)7-18-12-4-2-3-10(12)14(17)15(22)19-6-5-13(21)11(16)8-19;1-7-5-3-4-6-8(7)2;1-3-5-7-8-6-4-2;/h11,13,21H,2-8,17H2,1H3;3-6H,1H2,2H3;7H,3-6,8H2,1-2H3;/q;2*-1;+2/b14-10-,18-12?;;;. The summed E-state index contributed by atoms with van der Waals surface area (Å²) in [4.78, 5) is 29.0. The zero-order valence-electron chi connectivity index (χ0n) is 24.3. The number of benzene rings is 1. The molecule has 2 atom stereocenters. The summed E-state index contributed by atoms with van der Waals surface area (Å²) in [6, 6.07) is 8.08. The molecule has 2 aliphatic rings. The van der Waals surface area contributed by atoms with Crippen molar-refractivity contribution < 1.29 is 50.2 Å². The summed E-state index contributed by atoms with van der Waals surface area (Å²) < 4.78 is 13.6. The van der Waals surface area contributed by atoms with Gasteiger partial charge in [0.15, 0.2) is 5.78 Å². The quantitative estimate of drug-likeness (QED) is 0.202. The molecule has 6 nitrogen and oxygen atoms in total. The first kappa shape index (κ1) is 37.4. The number of aryl methyl sites for hydroxylation is 1. The Morgan fingerprint density at radius 3 is 2.44 bits per heavy atom. The van der Waals surface area contributed by atoms with Gasteiger partial charge in [-0.25, -0.2) is 4.39 Å². The molecule has 1 saturated heterocycles. The van der Waals surface area contributed by atoms with E-state index in [-0.39, 0.29) is 68.6 Å². The number of aliphatic hydroxyl groups is 1. The minimum absolute atomic E-state index is 0. The zero-order valence-corrected chi connectivity index (χ0v) is 28.5. The van der Waals surface area contributed by atoms with Crippen LogP contribution in [0.2, 0.25) is 0 Å². The number of aliphatic hydroxyl groups excluding tert-OH is 1. The number of likely N-dealkylation sites (tertiary alicyclic amines) is 1. The van der Waals surface area contributed by atoms with Crippen molar-refractivity contribution in [3.05, 3.63) is 60.0 Å². The van der Waals surface area contributed by atoms with Gasteiger partial charge in [-0.1, -0.05) is 46.1 Å². The van der Waals surface area contributed by atoms with Gasteiger partial charge in [0.05, 0.1) is 19.2 Å². The van der Waals surface area contributed by atoms with Crippen molar-refractivity contribution in [1.29, 1.82) is 0 Å². The fourth-order valence-corrected chi connectivity index (χ4v) is 4.08. The van der Waals surface area contributed by atoms with E-state index in [1.54, 1.807) is 0 Å². The maximum atomic E-state index is 13.6. The summed E-state index contributed by atoms with van der Waals surface area (Å²) in [7, 11) is 0. The number of carbonyl (C=O) groups excluding carboxylic acids is 2. The number of halogens is 1. The van der Waals surface area contributed by atoms with Crippen LogP contribution in [0.25, 0.3) is 0 Å². The van der Waals surface area contributed by atoms with Crippen molar-refractivity contribution in [1.82, 2.24) is 4.90 Å². The molecule has 0 radical (unpaired) electrons. The van der Waals surface area contributed by atoms with Gasteiger partial charge in [-0.15, -0.1) is 12.1 Å². The third-order valence-corrected chi connectivity index (χ3v) is 6.55. The van der Waals surface area contributed by atoms with Gasteiger partial charge in [0.25, 0.3) is 5.91 Å². The Morgan fingerprint density at radius 1 is 1.21 bits per heavy atom. The molecule has 2 unspecified atom stereocenters. The molecule has 1 saturated carbocycles. The minimum atomic E-state index is -1.44. The molecule has 1 aromatic carbocycles. The summed E-state index contributed by atoms with van der Waals surface area (Å²) in [5.41, 5.74) is 9.81. The number of alkyl halides is 1. The molecule has 0 aromatic heterocycles. The molecule has 3 rings (SSSR count). The molecule has 216 valence electrons. The van der Waals surface area contributed by atoms with Crippen molar-refractivity contribution >= 4 is 17.4 Å². The van der Waals surface area contributed by atoms with E-state index in [1.165, 1.54) is 49.5 Å². The van der Waals surface area contributed by atoms with Crippen LogP contribution in [-0.4, -0.2) is 59.3 Å². The van der Waals surface area contributed by atoms with Gasteiger partial charge in [0, 0.05) is 17.8 Å². The van der Waals surface area contributed by atoms with E-state index < -0.39 is 18.2 Å². The average molecular weight is 768 g/mol. The Labute approximate surface area is 259 Å². The molecule has 1 amide bonds. The number of amides is 1. The number of piperidine rings is 1. The van der Waals surface area contributed by atoms with E-state index in [1.807, 2.05) is 18.2 Å². The molecule has 39 heavy (non-hydrogen) atoms. The number of unbranched alkanes of at least 4 members (excludes halogenated alkanes) is 5. The number of ketones is 1. The summed E-state index contributed by atoms with van der Waals surface area (Å²) in [5.74, 6) is -0.462. The summed E-state index contributed by atoms with van der Waals surface area (Å²) in [5, 5.41) is 9.38. The van der Waals surface area contributed by atoms with E-state index in [0.29, 0.717) is 24.1 Å². The summed E-state index contributed by atoms with van der Waals surface area (Å²) in [6.45, 7) is 12.0. The van der Waals surface area contributed by atoms with E-state index in [0.717, 1.165) is 12.0 Å². The van der Waals surface area contributed by atoms with Crippen LogP contribution in [0.4, 0.5) is 4.39 Å². The number of nitrogens with two attached hydrogens (primary N) is 1. The van der Waals surface area contributed by atoms with E-state index in [2.05, 4.69) is 45.2 Å². The zero-order chi connectivity index (χ0) is 28.5. The molecule has 1 aromatic rings. The van der Waals surface area contributed by atoms with E-state index in [4.69, 9.17) is 5.73 Å². The van der Waals surface area contributed by atoms with Gasteiger partial charge in [-0.3, -0.25) is 14.6 Å². The number of rotatable bonds is 8. The van der Waals surface area contributed by atoms with Crippen LogP contribution in [-0.2, 0) is 9.59 Å². The Bertz CT molecular complexity index is 908. The van der Waals surface area contributed by atoms with Gasteiger partial charge >= 0.3 is 31.1 Å². The fourth-order valence-electron chi connectivity index (χ4n) is 4.08. The molecule has 8 heteroatoms. The number of hydrogen-bond donors (Lipinski definition) is 2. The van der Waals surface area contributed by atoms with E-state index >= 15 is 0 Å². The predicted octanol–water partition coefficient (Wildman–Crippen LogP) is 5.70. The molecule has 1 aliphatic carbocycles. The van der Waals surface area contributed by atoms with Gasteiger partial charge in [0.1, 0.15) is 11.9 Å². The number of allylic oxidation sites excluding steroid dienone is 1. The second-order valence-corrected chi connectivity index (χ2v) is 9.98. The van der Waals surface area contributed by atoms with Gasteiger partial charge in [0.2, 0.25) is 0 Å². The average Bonchev–Trinajstić information content (AvgIpc) is 3.37. The second-order valence-electron chi connectivity index (χ2n) is 9.98. The summed E-state index contributed by atoms with van der Waals surface area (Å²) in [6.07, 6.45) is 8.97. The monoisotopic (exact) mass is 767 g/mol. The predicted molar refractivity (Wildman–Crippen MR) is 155 cm³/mol. The summed E-state index contributed by atoms with van der Waals surface area (Å²) >= 11 is 0. The molecule has 1 heterocycles. The van der Waals surface area contributed by atoms with Crippen LogP contribution in [0, 0.1) is 51.4 Å². The number of nitrogens with zero attached hydrogens (tertiary/aromatic N) is 2. The minimum Gasteiger partial charge on any atom is -0.394 e. The van der Waals surface area contributed by atoms with Gasteiger partial charge in [-0.2, -0.15) is 37.0 Å². The van der Waals surface area contributed by atoms with Crippen molar-refractivity contribution in [2.45, 2.75) is 97.8 Å². The Morgan fingerprint density at radius 2 is 1.90 bits per heavy atom. The third kappa shape index (κ3) is 14.5. The first-order chi connectivity index (χ1) is 18.1. The number of hydrogen-bond acceptors (Lipinski definition) is 5. The third-order valence-electron chi connectivity index (χ3n) is 6.55. The first-order valence-electron chi connectivity index (χ1n) is 13.9. The normalized spacial score (nSPS) is 20.7. The van der Waals surface area contributed by atoms with Crippen molar-refractivity contribution in [3.63, 3.8) is 0 Å². The fraction of sp³-hybridized carbons (Fsp3) is 0.581. The topological polar surface area (TPSA) is 96.0 Å². The van der Waals surface area contributed by atoms with Crippen molar-refractivity contribution in [2.24, 2.45) is 10.7 Å². The Balaban J connectivity index is 0.000000698. The van der Waals surface area contributed by atoms with Gasteiger partial charge in [-0.05, 0) is 32.6 Å². The Hall–Kier alpha value is -1.62. The molecule has 0 bridgehead atoms. The van der Waals surface area contributed by atoms with Crippen molar-refractivity contribution in [3.8, 4) is 0 Å². The molecule has 0 spiro atoms. The van der Waals surface area contributed by atoms with Crippen LogP contribution in [0.3, 0.4) is 0 Å². The number of carbonyl (C=O) groups is 2. The van der Waals surface area contributed by atoms with Crippen LogP contribution < -0.4 is 5.73 Å². The molecular formula is C31H48FN3O3U. The Kier molecular flexibility index (Phi) is 20.3. The maximum Gasteiger partial charge on any atom is 2.00 e. The smallest absolute Gasteiger partial charge is 0.394 e. The van der Waals surface area contributed by atoms with Crippen LogP contribution in [0.1, 0.15) is 89.7 Å². The van der Waals surface area contributed by atoms with Crippen molar-refractivity contribution in [2.75, 3.05) is 19.6 Å². The number of aliphatic imine (C=N–C) groups is 1. The van der Waals surface area contributed by atoms with Crippen LogP contribution >= 0.6 is 0 Å². The largest absolute Gasteiger partial charge is 2.00 e. The van der Waals surface area contributed by atoms with Crippen LogP contribution in [0.5, 0.6) is 0 Å². The number of Topliss-reactive ketones (excluding diaryl/α,β-unsaturated/α-hetero) is 1. The second kappa shape index (κ2) is 21.2. The SMILES string of the molecule is CC(=O)CN=C1CCC/C1=C(/N)C(=O)N1CCC(O)C(F)C1.CCC[CH-]CCCC.[CH2-]c1ccccc1C.[U+2]. The molecular weight excluding hydrogens is 719 g/mol. The molecule has 1 aliphatic heterocycles. The van der Waals surface area contributed by atoms with Gasteiger partial charge < -0.3 is 22.2 Å². The van der Waals surface area contributed by atoms with E-state index in [9.17, 15) is 19.1 Å². The molecule has 3 N–H and O–H groups in total. The van der Waals surface area contributed by atoms with Crippen LogP contribution in [0.15, 0.2) is 40.5 Å². The molecule has 2 fully saturated rings. The first-order valence-corrected chi connectivity index (χ1v) is 13.9.